The zero-order chi connectivity index (χ0) is 19.5. The van der Waals surface area contributed by atoms with E-state index in [4.69, 9.17) is 4.98 Å². The summed E-state index contributed by atoms with van der Waals surface area (Å²) in [5.74, 6) is 0. The minimum absolute atomic E-state index is 1.03. The Balaban J connectivity index is 1.87. The lowest BCUT2D eigenvalue weighted by molar-refractivity contribution is 1.29. The van der Waals surface area contributed by atoms with Crippen molar-refractivity contribution in [2.45, 2.75) is 13.8 Å². The Bertz CT molecular complexity index is 1560. The zero-order valence-corrected chi connectivity index (χ0v) is 16.5. The molecule has 0 fully saturated rings. The first kappa shape index (κ1) is 16.3. The molecule has 0 bridgehead atoms. The summed E-state index contributed by atoms with van der Waals surface area (Å²) in [5.41, 5.74) is 9.47. The van der Waals surface area contributed by atoms with Crippen LogP contribution in [0.15, 0.2) is 84.9 Å². The molecule has 0 unspecified atom stereocenters. The van der Waals surface area contributed by atoms with E-state index in [0.717, 1.165) is 16.7 Å². The third-order valence-corrected chi connectivity index (χ3v) is 5.90. The van der Waals surface area contributed by atoms with E-state index in [-0.39, 0.29) is 0 Å². The van der Waals surface area contributed by atoms with E-state index in [1.807, 2.05) is 0 Å². The molecule has 0 aliphatic heterocycles. The summed E-state index contributed by atoms with van der Waals surface area (Å²) in [7, 11) is 0. The maximum absolute atomic E-state index is 5.04. The molecule has 2 heterocycles. The fraction of sp³-hybridized carbons (Fsp3) is 0.0741. The van der Waals surface area contributed by atoms with Gasteiger partial charge in [-0.1, -0.05) is 60.7 Å². The van der Waals surface area contributed by atoms with Gasteiger partial charge >= 0.3 is 0 Å². The van der Waals surface area contributed by atoms with Gasteiger partial charge < -0.3 is 0 Å². The van der Waals surface area contributed by atoms with E-state index >= 15 is 0 Å². The van der Waals surface area contributed by atoms with Crippen molar-refractivity contribution in [1.82, 2.24) is 9.38 Å². The molecular formula is C27H20N2. The first-order valence-corrected chi connectivity index (χ1v) is 10.00. The van der Waals surface area contributed by atoms with Gasteiger partial charge in [0.25, 0.3) is 0 Å². The molecule has 29 heavy (non-hydrogen) atoms. The minimum atomic E-state index is 1.03. The molecule has 0 amide bonds. The lowest BCUT2D eigenvalue weighted by Crippen LogP contribution is -1.95. The lowest BCUT2D eigenvalue weighted by atomic mass is 9.97. The van der Waals surface area contributed by atoms with Crippen molar-refractivity contribution in [2.24, 2.45) is 0 Å². The maximum atomic E-state index is 5.04. The van der Waals surface area contributed by atoms with E-state index in [1.54, 1.807) is 0 Å². The van der Waals surface area contributed by atoms with Gasteiger partial charge in [0.05, 0.1) is 16.6 Å². The Morgan fingerprint density at radius 3 is 2.24 bits per heavy atom. The molecule has 0 N–H and O–H groups in total. The van der Waals surface area contributed by atoms with Crippen molar-refractivity contribution in [3.05, 3.63) is 96.1 Å². The number of imidazole rings is 1. The maximum Gasteiger partial charge on any atom is 0.146 e. The topological polar surface area (TPSA) is 17.3 Å². The zero-order valence-electron chi connectivity index (χ0n) is 16.5. The van der Waals surface area contributed by atoms with E-state index in [2.05, 4.69) is 103 Å². The number of fused-ring (bicyclic) bond motifs is 8. The molecule has 2 nitrogen and oxygen atoms in total. The fourth-order valence-corrected chi connectivity index (χ4v) is 4.59. The van der Waals surface area contributed by atoms with Gasteiger partial charge in [-0.05, 0) is 65.8 Å². The SMILES string of the molecule is Cc1ccc2c(c1)nc1c3ccccc3c3cc(-c4ccccc4)cc(C)c3n21. The molecule has 0 saturated carbocycles. The highest BCUT2D eigenvalue weighted by molar-refractivity contribution is 6.15. The Labute approximate surface area is 169 Å². The molecule has 2 aromatic heterocycles. The predicted molar refractivity (Wildman–Crippen MR) is 123 cm³/mol. The van der Waals surface area contributed by atoms with E-state index in [1.165, 1.54) is 43.9 Å². The van der Waals surface area contributed by atoms with Gasteiger partial charge in [0.1, 0.15) is 5.65 Å². The van der Waals surface area contributed by atoms with Gasteiger partial charge in [-0.15, -0.1) is 0 Å². The molecule has 138 valence electrons. The summed E-state index contributed by atoms with van der Waals surface area (Å²) in [6.07, 6.45) is 0. The quantitative estimate of drug-likeness (QED) is 0.282. The van der Waals surface area contributed by atoms with Crippen molar-refractivity contribution in [3.8, 4) is 11.1 Å². The van der Waals surface area contributed by atoms with Gasteiger partial charge in [0.15, 0.2) is 0 Å². The summed E-state index contributed by atoms with van der Waals surface area (Å²) in [6.45, 7) is 4.33. The lowest BCUT2D eigenvalue weighted by Gasteiger charge is -2.14. The van der Waals surface area contributed by atoms with Crippen LogP contribution in [0.3, 0.4) is 0 Å². The van der Waals surface area contributed by atoms with Crippen molar-refractivity contribution in [3.63, 3.8) is 0 Å². The molecule has 0 spiro atoms. The van der Waals surface area contributed by atoms with Crippen molar-refractivity contribution in [2.75, 3.05) is 0 Å². The first-order chi connectivity index (χ1) is 14.2. The Hall–Kier alpha value is -3.65. The highest BCUT2D eigenvalue weighted by atomic mass is 15.0. The van der Waals surface area contributed by atoms with E-state index in [9.17, 15) is 0 Å². The second-order valence-electron chi connectivity index (χ2n) is 7.86. The Kier molecular flexibility index (Phi) is 3.33. The van der Waals surface area contributed by atoms with Crippen LogP contribution in [0.25, 0.3) is 49.5 Å². The van der Waals surface area contributed by atoms with Crippen LogP contribution in [-0.2, 0) is 0 Å². The van der Waals surface area contributed by atoms with Gasteiger partial charge in [0.2, 0.25) is 0 Å². The molecule has 0 radical (unpaired) electrons. The number of pyridine rings is 1. The molecule has 0 aliphatic rings. The normalized spacial score (nSPS) is 11.8. The van der Waals surface area contributed by atoms with Crippen LogP contribution in [0.4, 0.5) is 0 Å². The Morgan fingerprint density at radius 2 is 1.41 bits per heavy atom. The molecule has 0 aliphatic carbocycles. The first-order valence-electron chi connectivity index (χ1n) is 10.00. The summed E-state index contributed by atoms with van der Waals surface area (Å²) in [6, 6.07) is 30.4. The number of aryl methyl sites for hydroxylation is 2. The Morgan fingerprint density at radius 1 is 0.655 bits per heavy atom. The number of nitrogens with zero attached hydrogens (tertiary/aromatic N) is 2. The van der Waals surface area contributed by atoms with E-state index in [0.29, 0.717) is 0 Å². The summed E-state index contributed by atoms with van der Waals surface area (Å²) >= 11 is 0. The molecular weight excluding hydrogens is 352 g/mol. The van der Waals surface area contributed by atoms with Gasteiger partial charge in [0, 0.05) is 10.8 Å². The molecule has 4 aromatic carbocycles. The second kappa shape index (κ2) is 5.92. The summed E-state index contributed by atoms with van der Waals surface area (Å²) < 4.78 is 2.34. The van der Waals surface area contributed by atoms with Crippen LogP contribution >= 0.6 is 0 Å². The van der Waals surface area contributed by atoms with Crippen molar-refractivity contribution >= 4 is 38.4 Å². The predicted octanol–water partition coefficient (Wildman–Crippen LogP) is 7.08. The smallest absolute Gasteiger partial charge is 0.146 e. The van der Waals surface area contributed by atoms with E-state index < -0.39 is 0 Å². The number of benzene rings is 4. The highest BCUT2D eigenvalue weighted by Crippen LogP contribution is 2.36. The molecule has 2 heteroatoms. The van der Waals surface area contributed by atoms with Crippen LogP contribution in [0.2, 0.25) is 0 Å². The van der Waals surface area contributed by atoms with Gasteiger partial charge in [-0.2, -0.15) is 0 Å². The third kappa shape index (κ3) is 2.32. The van der Waals surface area contributed by atoms with Crippen molar-refractivity contribution < 1.29 is 0 Å². The number of hydrogen-bond acceptors (Lipinski definition) is 1. The second-order valence-corrected chi connectivity index (χ2v) is 7.86. The van der Waals surface area contributed by atoms with Crippen LogP contribution in [0.5, 0.6) is 0 Å². The largest absolute Gasteiger partial charge is 0.291 e. The molecule has 0 saturated heterocycles. The molecule has 6 aromatic rings. The average Bonchev–Trinajstić information content (AvgIpc) is 3.12. The summed E-state index contributed by atoms with van der Waals surface area (Å²) in [5, 5.41) is 3.72. The number of hydrogen-bond donors (Lipinski definition) is 0. The standard InChI is InChI=1S/C27H20N2/c1-17-12-13-25-24(14-17)28-27-22-11-7-6-10-21(22)23-16-20(19-8-4-3-5-9-19)15-18(2)26(23)29(25)27/h3-16H,1-2H3. The molecule has 6 rings (SSSR count). The third-order valence-electron chi connectivity index (χ3n) is 5.90. The van der Waals surface area contributed by atoms with Crippen molar-refractivity contribution in [1.29, 1.82) is 0 Å². The minimum Gasteiger partial charge on any atom is -0.291 e. The van der Waals surface area contributed by atoms with Gasteiger partial charge in [-0.25, -0.2) is 4.98 Å². The van der Waals surface area contributed by atoms with Crippen LogP contribution in [0, 0.1) is 13.8 Å². The van der Waals surface area contributed by atoms with Gasteiger partial charge in [-0.3, -0.25) is 4.40 Å². The summed E-state index contributed by atoms with van der Waals surface area (Å²) in [4.78, 5) is 5.04. The number of aromatic nitrogens is 2. The monoisotopic (exact) mass is 372 g/mol. The van der Waals surface area contributed by atoms with Crippen LogP contribution in [-0.4, -0.2) is 9.38 Å². The molecule has 0 atom stereocenters. The highest BCUT2D eigenvalue weighted by Gasteiger charge is 2.16. The average molecular weight is 372 g/mol. The number of rotatable bonds is 1. The van der Waals surface area contributed by atoms with Crippen LogP contribution < -0.4 is 0 Å². The van der Waals surface area contributed by atoms with Crippen LogP contribution in [0.1, 0.15) is 11.1 Å². The fourth-order valence-electron chi connectivity index (χ4n) is 4.59.